The molecule has 2 saturated heterocycles. The van der Waals surface area contributed by atoms with Crippen molar-refractivity contribution in [1.29, 1.82) is 0 Å². The summed E-state index contributed by atoms with van der Waals surface area (Å²) in [7, 11) is 0. The van der Waals surface area contributed by atoms with Crippen LogP contribution in [0.15, 0.2) is 12.2 Å². The standard InChI is InChI=1S/C19H30N2O3S2/c1-2-17(25)21-12-18(26)20-11-14-13(15-9-10-16(14)24-15)7-5-3-4-6-8-19(22)23/h3,5,13-16H,2,4,6-12H2,1H3,(H,20,26)(H,21,25)(H,22,23)/b5-3-/t13-,14+,15-,16+/m0/s1. The van der Waals surface area contributed by atoms with Gasteiger partial charge in [0.15, 0.2) is 0 Å². The maximum Gasteiger partial charge on any atom is 0.303 e. The van der Waals surface area contributed by atoms with Crippen LogP contribution in [0.25, 0.3) is 0 Å². The lowest BCUT2D eigenvalue weighted by molar-refractivity contribution is -0.137. The van der Waals surface area contributed by atoms with Crippen LogP contribution in [-0.4, -0.2) is 46.4 Å². The molecule has 26 heavy (non-hydrogen) atoms. The minimum Gasteiger partial charge on any atom is -0.481 e. The normalized spacial score (nSPS) is 27.0. The van der Waals surface area contributed by atoms with E-state index >= 15 is 0 Å². The number of aliphatic carboxylic acids is 1. The largest absolute Gasteiger partial charge is 0.481 e. The number of carboxylic acid groups (broad SMARTS) is 1. The lowest BCUT2D eigenvalue weighted by Crippen LogP contribution is -2.41. The number of allylic oxidation sites excluding steroid dienone is 2. The minimum absolute atomic E-state index is 0.237. The van der Waals surface area contributed by atoms with E-state index in [0.717, 1.165) is 48.6 Å². The number of carbonyl (C=O) groups is 1. The number of carboxylic acids is 1. The van der Waals surface area contributed by atoms with Crippen LogP contribution in [0, 0.1) is 11.8 Å². The predicted molar refractivity (Wildman–Crippen MR) is 112 cm³/mol. The maximum atomic E-state index is 10.5. The van der Waals surface area contributed by atoms with Gasteiger partial charge in [0.05, 0.1) is 28.7 Å². The molecule has 0 aromatic rings. The third-order valence-corrected chi connectivity index (χ3v) is 5.95. The van der Waals surface area contributed by atoms with Gasteiger partial charge < -0.3 is 20.5 Å². The van der Waals surface area contributed by atoms with Gasteiger partial charge in [-0.05, 0) is 44.4 Å². The van der Waals surface area contributed by atoms with E-state index in [1.807, 2.05) is 6.92 Å². The van der Waals surface area contributed by atoms with Crippen molar-refractivity contribution in [2.24, 2.45) is 11.8 Å². The van der Waals surface area contributed by atoms with Crippen molar-refractivity contribution in [3.8, 4) is 0 Å². The summed E-state index contributed by atoms with van der Waals surface area (Å²) >= 11 is 10.6. The third kappa shape index (κ3) is 6.59. The zero-order chi connectivity index (χ0) is 18.9. The molecule has 2 bridgehead atoms. The summed E-state index contributed by atoms with van der Waals surface area (Å²) in [6.07, 6.45) is 10.9. The van der Waals surface area contributed by atoms with Crippen LogP contribution in [0.1, 0.15) is 51.9 Å². The summed E-state index contributed by atoms with van der Waals surface area (Å²) in [5.74, 6) is 0.272. The number of thiocarbonyl (C=S) groups is 2. The second-order valence-electron chi connectivity index (χ2n) is 7.05. The zero-order valence-electron chi connectivity index (χ0n) is 15.4. The predicted octanol–water partition coefficient (Wildman–Crippen LogP) is 3.23. The molecule has 3 N–H and O–H groups in total. The van der Waals surface area contributed by atoms with Gasteiger partial charge in [-0.2, -0.15) is 0 Å². The van der Waals surface area contributed by atoms with E-state index in [2.05, 4.69) is 22.8 Å². The maximum absolute atomic E-state index is 10.5. The molecule has 0 amide bonds. The Morgan fingerprint density at radius 2 is 1.88 bits per heavy atom. The number of ether oxygens (including phenoxy) is 1. The Morgan fingerprint density at radius 1 is 1.15 bits per heavy atom. The van der Waals surface area contributed by atoms with E-state index in [0.29, 0.717) is 37.0 Å². The highest BCUT2D eigenvalue weighted by Gasteiger charge is 2.47. The highest BCUT2D eigenvalue weighted by Crippen LogP contribution is 2.44. The number of rotatable bonds is 11. The molecule has 0 spiro atoms. The average molecular weight is 399 g/mol. The second kappa shape index (κ2) is 10.9. The molecule has 2 aliphatic heterocycles. The molecule has 2 fully saturated rings. The van der Waals surface area contributed by atoms with E-state index < -0.39 is 5.97 Å². The fraction of sp³-hybridized carbons (Fsp3) is 0.737. The van der Waals surface area contributed by atoms with Gasteiger partial charge in [-0.1, -0.05) is 43.5 Å². The summed E-state index contributed by atoms with van der Waals surface area (Å²) in [4.78, 5) is 12.2. The molecular weight excluding hydrogens is 368 g/mol. The average Bonchev–Trinajstić information content (AvgIpc) is 3.22. The molecule has 5 nitrogen and oxygen atoms in total. The third-order valence-electron chi connectivity index (χ3n) is 5.23. The number of hydrogen-bond acceptors (Lipinski definition) is 4. The van der Waals surface area contributed by atoms with E-state index in [4.69, 9.17) is 34.3 Å². The Bertz CT molecular complexity index is 539. The van der Waals surface area contributed by atoms with Gasteiger partial charge in [-0.3, -0.25) is 4.79 Å². The SMILES string of the molecule is CCC(=S)NCC(=S)NC[C@@H]1[C@H](C/C=C\CCCC(=O)O)[C@@H]2CC[C@H]1O2. The molecule has 0 aromatic heterocycles. The van der Waals surface area contributed by atoms with Crippen LogP contribution in [0.3, 0.4) is 0 Å². The topological polar surface area (TPSA) is 70.6 Å². The number of fused-ring (bicyclic) bond motifs is 2. The van der Waals surface area contributed by atoms with Crippen LogP contribution < -0.4 is 10.6 Å². The number of unbranched alkanes of at least 4 members (excludes halogenated alkanes) is 1. The molecule has 0 aliphatic carbocycles. The van der Waals surface area contributed by atoms with Gasteiger partial charge >= 0.3 is 5.97 Å². The van der Waals surface area contributed by atoms with Crippen LogP contribution in [0.5, 0.6) is 0 Å². The van der Waals surface area contributed by atoms with Crippen LogP contribution >= 0.6 is 24.4 Å². The van der Waals surface area contributed by atoms with E-state index in [1.54, 1.807) is 0 Å². The van der Waals surface area contributed by atoms with E-state index in [9.17, 15) is 4.79 Å². The first-order valence-electron chi connectivity index (χ1n) is 9.57. The quantitative estimate of drug-likeness (QED) is 0.280. The van der Waals surface area contributed by atoms with Crippen molar-refractivity contribution >= 4 is 40.4 Å². The smallest absolute Gasteiger partial charge is 0.303 e. The summed E-state index contributed by atoms with van der Waals surface area (Å²) in [5, 5.41) is 15.2. The van der Waals surface area contributed by atoms with Crippen molar-refractivity contribution in [1.82, 2.24) is 10.6 Å². The lowest BCUT2D eigenvalue weighted by Gasteiger charge is -2.28. The first kappa shape index (κ1) is 21.3. The van der Waals surface area contributed by atoms with Gasteiger partial charge in [-0.25, -0.2) is 0 Å². The van der Waals surface area contributed by atoms with E-state index in [1.165, 1.54) is 0 Å². The molecule has 0 aromatic carbocycles. The summed E-state index contributed by atoms with van der Waals surface area (Å²) in [5.41, 5.74) is 0. The number of hydrogen-bond donors (Lipinski definition) is 3. The Hall–Kier alpha value is -1.05. The molecule has 2 rings (SSSR count). The highest BCUT2D eigenvalue weighted by atomic mass is 32.1. The van der Waals surface area contributed by atoms with Crippen LogP contribution in [0.4, 0.5) is 0 Å². The van der Waals surface area contributed by atoms with Gasteiger partial charge in [0.1, 0.15) is 0 Å². The molecule has 7 heteroatoms. The monoisotopic (exact) mass is 398 g/mol. The van der Waals surface area contributed by atoms with E-state index in [-0.39, 0.29) is 6.42 Å². The minimum atomic E-state index is -0.726. The van der Waals surface area contributed by atoms with Crippen LogP contribution in [0.2, 0.25) is 0 Å². The van der Waals surface area contributed by atoms with Gasteiger partial charge in [-0.15, -0.1) is 0 Å². The Morgan fingerprint density at radius 3 is 2.58 bits per heavy atom. The Kier molecular flexibility index (Phi) is 8.95. The van der Waals surface area contributed by atoms with Crippen molar-refractivity contribution < 1.29 is 14.6 Å². The van der Waals surface area contributed by atoms with Gasteiger partial charge in [0.25, 0.3) is 0 Å². The fourth-order valence-corrected chi connectivity index (χ4v) is 4.05. The molecule has 2 aliphatic rings. The van der Waals surface area contributed by atoms with Crippen molar-refractivity contribution in [3.63, 3.8) is 0 Å². The fourth-order valence-electron chi connectivity index (χ4n) is 3.82. The van der Waals surface area contributed by atoms with Crippen molar-refractivity contribution in [2.75, 3.05) is 13.1 Å². The molecule has 146 valence electrons. The Labute approximate surface area is 166 Å². The summed E-state index contributed by atoms with van der Waals surface area (Å²) in [6, 6.07) is 0. The summed E-state index contributed by atoms with van der Waals surface area (Å²) < 4.78 is 6.12. The molecular formula is C19H30N2O3S2. The number of nitrogens with one attached hydrogen (secondary N) is 2. The lowest BCUT2D eigenvalue weighted by atomic mass is 9.77. The van der Waals surface area contributed by atoms with Crippen LogP contribution in [-0.2, 0) is 9.53 Å². The molecule has 0 unspecified atom stereocenters. The van der Waals surface area contributed by atoms with Gasteiger partial charge in [0, 0.05) is 18.9 Å². The first-order chi connectivity index (χ1) is 12.5. The van der Waals surface area contributed by atoms with Crippen molar-refractivity contribution in [3.05, 3.63) is 12.2 Å². The van der Waals surface area contributed by atoms with Crippen molar-refractivity contribution in [2.45, 2.75) is 64.1 Å². The molecule has 0 radical (unpaired) electrons. The highest BCUT2D eigenvalue weighted by molar-refractivity contribution is 7.80. The first-order valence-corrected chi connectivity index (χ1v) is 10.4. The van der Waals surface area contributed by atoms with Gasteiger partial charge in [0.2, 0.25) is 0 Å². The molecule has 0 saturated carbocycles. The Balaban J connectivity index is 1.73. The summed E-state index contributed by atoms with van der Waals surface area (Å²) in [6.45, 7) is 3.47. The molecule has 4 atom stereocenters. The zero-order valence-corrected chi connectivity index (χ0v) is 17.0. The second-order valence-corrected chi connectivity index (χ2v) is 8.03. The molecule has 2 heterocycles.